The number of carbonyl (C=O) groups excluding carboxylic acids is 1. The molecule has 0 spiro atoms. The van der Waals surface area contributed by atoms with Gasteiger partial charge in [-0.1, -0.05) is 26.0 Å². The largest absolute Gasteiger partial charge is 0.481 e. The maximum atomic E-state index is 11.3. The Kier molecular flexibility index (Phi) is 7.91. The standard InChI is InChI=1S/C21H34N2O3/c1-15(2)13-23-8-6-19(7-9-23)22-12-18-10-16(3)21(17(4)11-18)26-14-20(24)25-5/h10-11,15,19,22H,6-9,12-14H2,1-5H3. The van der Waals surface area contributed by atoms with Crippen molar-refractivity contribution in [3.63, 3.8) is 0 Å². The van der Waals surface area contributed by atoms with Crippen LogP contribution in [0.4, 0.5) is 0 Å². The normalized spacial score (nSPS) is 16.1. The van der Waals surface area contributed by atoms with E-state index in [4.69, 9.17) is 4.74 Å². The van der Waals surface area contributed by atoms with Crippen LogP contribution >= 0.6 is 0 Å². The van der Waals surface area contributed by atoms with Gasteiger partial charge in [0.1, 0.15) is 5.75 Å². The maximum Gasteiger partial charge on any atom is 0.343 e. The maximum absolute atomic E-state index is 11.3. The van der Waals surface area contributed by atoms with Crippen molar-refractivity contribution < 1.29 is 14.3 Å². The molecule has 0 bridgehead atoms. The average Bonchev–Trinajstić information content (AvgIpc) is 2.59. The van der Waals surface area contributed by atoms with Crippen molar-refractivity contribution in [1.29, 1.82) is 0 Å². The van der Waals surface area contributed by atoms with Crippen molar-refractivity contribution in [2.75, 3.05) is 33.4 Å². The SMILES string of the molecule is COC(=O)COc1c(C)cc(CNC2CCN(CC(C)C)CC2)cc1C. The van der Waals surface area contributed by atoms with Gasteiger partial charge in [0.2, 0.25) is 0 Å². The molecule has 1 saturated heterocycles. The highest BCUT2D eigenvalue weighted by molar-refractivity contribution is 5.71. The van der Waals surface area contributed by atoms with Gasteiger partial charge in [0.05, 0.1) is 7.11 Å². The van der Waals surface area contributed by atoms with Crippen LogP contribution in [0.2, 0.25) is 0 Å². The lowest BCUT2D eigenvalue weighted by molar-refractivity contribution is -0.142. The predicted molar refractivity (Wildman–Crippen MR) is 105 cm³/mol. The molecule has 0 atom stereocenters. The third-order valence-corrected chi connectivity index (χ3v) is 4.89. The third-order valence-electron chi connectivity index (χ3n) is 4.89. The van der Waals surface area contributed by atoms with Crippen LogP contribution in [0.5, 0.6) is 5.75 Å². The molecule has 5 heteroatoms. The zero-order valence-electron chi connectivity index (χ0n) is 16.9. The lowest BCUT2D eigenvalue weighted by Crippen LogP contribution is -2.43. The summed E-state index contributed by atoms with van der Waals surface area (Å²) >= 11 is 0. The Bertz CT molecular complexity index is 570. The molecule has 2 rings (SSSR count). The average molecular weight is 363 g/mol. The lowest BCUT2D eigenvalue weighted by atomic mass is 10.0. The number of esters is 1. The van der Waals surface area contributed by atoms with Crippen LogP contribution in [-0.2, 0) is 16.1 Å². The number of rotatable bonds is 8. The van der Waals surface area contributed by atoms with Crippen molar-refractivity contribution in [1.82, 2.24) is 10.2 Å². The van der Waals surface area contributed by atoms with Crippen molar-refractivity contribution >= 4 is 5.97 Å². The van der Waals surface area contributed by atoms with Crippen molar-refractivity contribution in [3.8, 4) is 5.75 Å². The monoisotopic (exact) mass is 362 g/mol. The van der Waals surface area contributed by atoms with Crippen molar-refractivity contribution in [3.05, 3.63) is 28.8 Å². The summed E-state index contributed by atoms with van der Waals surface area (Å²) < 4.78 is 10.2. The molecule has 0 radical (unpaired) electrons. The van der Waals surface area contributed by atoms with E-state index in [1.54, 1.807) is 0 Å². The molecule has 1 heterocycles. The number of hydrogen-bond donors (Lipinski definition) is 1. The molecule has 26 heavy (non-hydrogen) atoms. The van der Waals surface area contributed by atoms with E-state index in [9.17, 15) is 4.79 Å². The summed E-state index contributed by atoms with van der Waals surface area (Å²) in [5.41, 5.74) is 3.37. The van der Waals surface area contributed by atoms with Gasteiger partial charge in [-0.3, -0.25) is 0 Å². The minimum Gasteiger partial charge on any atom is -0.481 e. The van der Waals surface area contributed by atoms with Gasteiger partial charge in [0, 0.05) is 19.1 Å². The molecule has 1 aromatic carbocycles. The number of methoxy groups -OCH3 is 1. The molecule has 1 aliphatic heterocycles. The van der Waals surface area contributed by atoms with Gasteiger partial charge in [0.15, 0.2) is 6.61 Å². The first kappa shape index (κ1) is 20.7. The summed E-state index contributed by atoms with van der Waals surface area (Å²) in [6.07, 6.45) is 2.43. The van der Waals surface area contributed by atoms with E-state index in [1.165, 1.54) is 45.1 Å². The molecule has 0 amide bonds. The highest BCUT2D eigenvalue weighted by Crippen LogP contribution is 2.25. The molecule has 1 N–H and O–H groups in total. The quantitative estimate of drug-likeness (QED) is 0.720. The number of carbonyl (C=O) groups is 1. The van der Waals surface area contributed by atoms with E-state index in [0.717, 1.165) is 29.3 Å². The van der Waals surface area contributed by atoms with Gasteiger partial charge < -0.3 is 19.7 Å². The lowest BCUT2D eigenvalue weighted by Gasteiger charge is -2.33. The Hall–Kier alpha value is -1.59. The van der Waals surface area contributed by atoms with Gasteiger partial charge in [-0.05, 0) is 62.4 Å². The Morgan fingerprint density at radius 2 is 1.85 bits per heavy atom. The van der Waals surface area contributed by atoms with E-state index < -0.39 is 0 Å². The topological polar surface area (TPSA) is 50.8 Å². The van der Waals surface area contributed by atoms with E-state index in [1.807, 2.05) is 13.8 Å². The molecular formula is C21H34N2O3. The Morgan fingerprint density at radius 3 is 2.38 bits per heavy atom. The molecule has 5 nitrogen and oxygen atoms in total. The van der Waals surface area contributed by atoms with E-state index in [0.29, 0.717) is 6.04 Å². The van der Waals surface area contributed by atoms with Gasteiger partial charge in [-0.15, -0.1) is 0 Å². The first-order valence-corrected chi connectivity index (χ1v) is 9.64. The van der Waals surface area contributed by atoms with Crippen LogP contribution in [0.15, 0.2) is 12.1 Å². The molecule has 146 valence electrons. The Balaban J connectivity index is 1.84. The number of benzene rings is 1. The van der Waals surface area contributed by atoms with Crippen molar-refractivity contribution in [2.24, 2.45) is 5.92 Å². The molecule has 0 aromatic heterocycles. The fraction of sp³-hybridized carbons (Fsp3) is 0.667. The van der Waals surface area contributed by atoms with E-state index in [2.05, 4.69) is 40.9 Å². The zero-order chi connectivity index (χ0) is 19.1. The number of hydrogen-bond acceptors (Lipinski definition) is 5. The second-order valence-corrected chi connectivity index (χ2v) is 7.77. The summed E-state index contributed by atoms with van der Waals surface area (Å²) in [6.45, 7) is 13.0. The summed E-state index contributed by atoms with van der Waals surface area (Å²) in [5.74, 6) is 1.16. The fourth-order valence-electron chi connectivity index (χ4n) is 3.66. The smallest absolute Gasteiger partial charge is 0.343 e. The number of piperidine rings is 1. The van der Waals surface area contributed by atoms with Gasteiger partial charge in [-0.25, -0.2) is 4.79 Å². The minimum absolute atomic E-state index is 0.0509. The number of likely N-dealkylation sites (tertiary alicyclic amines) is 1. The summed E-state index contributed by atoms with van der Waals surface area (Å²) in [4.78, 5) is 13.8. The predicted octanol–water partition coefficient (Wildman–Crippen LogP) is 3.07. The number of nitrogens with zero attached hydrogens (tertiary/aromatic N) is 1. The van der Waals surface area contributed by atoms with Crippen LogP contribution in [0.25, 0.3) is 0 Å². The van der Waals surface area contributed by atoms with Crippen LogP contribution < -0.4 is 10.1 Å². The Morgan fingerprint density at radius 1 is 1.23 bits per heavy atom. The van der Waals surface area contributed by atoms with Gasteiger partial charge in [-0.2, -0.15) is 0 Å². The highest BCUT2D eigenvalue weighted by atomic mass is 16.6. The first-order chi connectivity index (χ1) is 12.4. The molecule has 0 saturated carbocycles. The molecule has 1 aliphatic rings. The van der Waals surface area contributed by atoms with Gasteiger partial charge in [0.25, 0.3) is 0 Å². The minimum atomic E-state index is -0.363. The summed E-state index contributed by atoms with van der Waals surface area (Å²) in [5, 5.41) is 3.70. The molecule has 1 aromatic rings. The van der Waals surface area contributed by atoms with Crippen molar-refractivity contribution in [2.45, 2.75) is 53.1 Å². The fourth-order valence-corrected chi connectivity index (χ4v) is 3.66. The summed E-state index contributed by atoms with van der Waals surface area (Å²) in [6, 6.07) is 4.87. The van der Waals surface area contributed by atoms with Crippen LogP contribution in [0.1, 0.15) is 43.4 Å². The number of aryl methyl sites for hydroxylation is 2. The molecule has 0 unspecified atom stereocenters. The number of ether oxygens (including phenoxy) is 2. The Labute approximate surface area is 158 Å². The second kappa shape index (κ2) is 9.93. The second-order valence-electron chi connectivity index (χ2n) is 7.77. The van der Waals surface area contributed by atoms with E-state index in [-0.39, 0.29) is 12.6 Å². The third kappa shape index (κ3) is 6.29. The zero-order valence-corrected chi connectivity index (χ0v) is 16.9. The molecular weight excluding hydrogens is 328 g/mol. The van der Waals surface area contributed by atoms with Crippen LogP contribution in [0, 0.1) is 19.8 Å². The van der Waals surface area contributed by atoms with Crippen LogP contribution in [0.3, 0.4) is 0 Å². The van der Waals surface area contributed by atoms with Gasteiger partial charge >= 0.3 is 5.97 Å². The number of nitrogens with one attached hydrogen (secondary N) is 1. The summed E-state index contributed by atoms with van der Waals surface area (Å²) in [7, 11) is 1.37. The molecule has 0 aliphatic carbocycles. The van der Waals surface area contributed by atoms with E-state index >= 15 is 0 Å². The molecule has 1 fully saturated rings. The first-order valence-electron chi connectivity index (χ1n) is 9.64. The van der Waals surface area contributed by atoms with Crippen LogP contribution in [-0.4, -0.2) is 50.3 Å². The highest BCUT2D eigenvalue weighted by Gasteiger charge is 2.19.